The summed E-state index contributed by atoms with van der Waals surface area (Å²) < 4.78 is 37.2. The maximum atomic E-state index is 12.4. The molecule has 0 aromatic heterocycles. The monoisotopic (exact) mass is 263 g/mol. The minimum Gasteiger partial charge on any atom is -0.166 e. The summed E-state index contributed by atoms with van der Waals surface area (Å²) in [6.07, 6.45) is -4.33. The molecule has 0 saturated heterocycles. The van der Waals surface area contributed by atoms with Gasteiger partial charge in [-0.3, -0.25) is 0 Å². The molecule has 0 aliphatic rings. The first kappa shape index (κ1) is 13.0. The fourth-order valence-corrected chi connectivity index (χ4v) is 1.62. The lowest BCUT2D eigenvalue weighted by Crippen LogP contribution is -2.03. The second-order valence-electron chi connectivity index (χ2n) is 3.81. The molecule has 96 valence electrons. The van der Waals surface area contributed by atoms with Gasteiger partial charge in [0.1, 0.15) is 0 Å². The van der Waals surface area contributed by atoms with Gasteiger partial charge in [-0.2, -0.15) is 13.2 Å². The average Bonchev–Trinajstić information content (AvgIpc) is 2.39. The van der Waals surface area contributed by atoms with E-state index in [0.717, 1.165) is 17.7 Å². The molecular formula is C13H8F3N3. The second-order valence-corrected chi connectivity index (χ2v) is 3.81. The highest BCUT2D eigenvalue weighted by molar-refractivity contribution is 5.65. The van der Waals surface area contributed by atoms with Crippen LogP contribution in [0.2, 0.25) is 0 Å². The van der Waals surface area contributed by atoms with Gasteiger partial charge in [-0.1, -0.05) is 41.5 Å². The molecule has 2 aromatic carbocycles. The van der Waals surface area contributed by atoms with Gasteiger partial charge in [-0.15, -0.1) is 0 Å². The molecule has 0 radical (unpaired) electrons. The van der Waals surface area contributed by atoms with E-state index in [1.807, 2.05) is 0 Å². The lowest BCUT2D eigenvalue weighted by atomic mass is 10.0. The van der Waals surface area contributed by atoms with E-state index < -0.39 is 11.7 Å². The van der Waals surface area contributed by atoms with Crippen molar-refractivity contribution >= 4 is 5.69 Å². The number of alkyl halides is 3. The Morgan fingerprint density at radius 2 is 1.32 bits per heavy atom. The van der Waals surface area contributed by atoms with Crippen molar-refractivity contribution in [3.63, 3.8) is 0 Å². The molecule has 0 spiro atoms. The highest BCUT2D eigenvalue weighted by Crippen LogP contribution is 2.31. The van der Waals surface area contributed by atoms with Crippen LogP contribution in [0.15, 0.2) is 53.6 Å². The lowest BCUT2D eigenvalue weighted by Gasteiger charge is -2.07. The zero-order valence-electron chi connectivity index (χ0n) is 9.59. The predicted molar refractivity (Wildman–Crippen MR) is 65.7 cm³/mol. The first-order chi connectivity index (χ1) is 9.00. The summed E-state index contributed by atoms with van der Waals surface area (Å²) in [5, 5.41) is 3.42. The molecule has 6 heteroatoms. The first-order valence-electron chi connectivity index (χ1n) is 5.33. The van der Waals surface area contributed by atoms with Gasteiger partial charge < -0.3 is 0 Å². The van der Waals surface area contributed by atoms with Crippen LogP contribution >= 0.6 is 0 Å². The van der Waals surface area contributed by atoms with Crippen LogP contribution in [0.5, 0.6) is 0 Å². The van der Waals surface area contributed by atoms with Crippen LogP contribution in [0, 0.1) is 0 Å². The molecule has 0 aliphatic heterocycles. The third-order valence-electron chi connectivity index (χ3n) is 2.57. The van der Waals surface area contributed by atoms with Crippen LogP contribution in [0.4, 0.5) is 18.9 Å². The van der Waals surface area contributed by atoms with E-state index in [2.05, 4.69) is 10.0 Å². The number of azide groups is 1. The van der Waals surface area contributed by atoms with E-state index in [4.69, 9.17) is 5.53 Å². The van der Waals surface area contributed by atoms with Crippen molar-refractivity contribution in [2.75, 3.05) is 0 Å². The molecule has 0 unspecified atom stereocenters. The first-order valence-corrected chi connectivity index (χ1v) is 5.33. The summed E-state index contributed by atoms with van der Waals surface area (Å²) in [7, 11) is 0. The van der Waals surface area contributed by atoms with Crippen molar-refractivity contribution in [1.82, 2.24) is 0 Å². The minimum atomic E-state index is -4.33. The number of nitrogens with zero attached hydrogens (tertiary/aromatic N) is 3. The van der Waals surface area contributed by atoms with Gasteiger partial charge in [0.15, 0.2) is 0 Å². The molecule has 2 aromatic rings. The summed E-state index contributed by atoms with van der Waals surface area (Å²) in [4.78, 5) is 2.65. The highest BCUT2D eigenvalue weighted by Gasteiger charge is 2.29. The van der Waals surface area contributed by atoms with E-state index >= 15 is 0 Å². The van der Waals surface area contributed by atoms with E-state index in [9.17, 15) is 13.2 Å². The van der Waals surface area contributed by atoms with E-state index in [1.54, 1.807) is 24.3 Å². The van der Waals surface area contributed by atoms with Crippen molar-refractivity contribution in [2.24, 2.45) is 5.11 Å². The summed E-state index contributed by atoms with van der Waals surface area (Å²) in [5.74, 6) is 0. The molecule has 0 saturated carbocycles. The number of hydrogen-bond acceptors (Lipinski definition) is 1. The van der Waals surface area contributed by atoms with Crippen molar-refractivity contribution in [3.8, 4) is 11.1 Å². The summed E-state index contributed by atoms with van der Waals surface area (Å²) in [6.45, 7) is 0. The average molecular weight is 263 g/mol. The maximum absolute atomic E-state index is 12.4. The van der Waals surface area contributed by atoms with Crippen molar-refractivity contribution in [3.05, 3.63) is 64.5 Å². The summed E-state index contributed by atoms with van der Waals surface area (Å²) in [6, 6.07) is 11.5. The second kappa shape index (κ2) is 5.04. The SMILES string of the molecule is [N-]=[N+]=Nc1ccc(-c2ccc(C(F)(F)F)cc2)cc1. The van der Waals surface area contributed by atoms with E-state index in [-0.39, 0.29) is 0 Å². The Labute approximate surface area is 106 Å². The van der Waals surface area contributed by atoms with Crippen LogP contribution < -0.4 is 0 Å². The fraction of sp³-hybridized carbons (Fsp3) is 0.0769. The smallest absolute Gasteiger partial charge is 0.166 e. The van der Waals surface area contributed by atoms with Gasteiger partial charge in [0.25, 0.3) is 0 Å². The molecule has 0 heterocycles. The van der Waals surface area contributed by atoms with Crippen molar-refractivity contribution in [1.29, 1.82) is 0 Å². The Kier molecular flexibility index (Phi) is 3.44. The van der Waals surface area contributed by atoms with Gasteiger partial charge in [-0.05, 0) is 28.8 Å². The van der Waals surface area contributed by atoms with Crippen LogP contribution in [-0.4, -0.2) is 0 Å². The van der Waals surface area contributed by atoms with Crippen LogP contribution in [-0.2, 0) is 6.18 Å². The van der Waals surface area contributed by atoms with E-state index in [0.29, 0.717) is 11.3 Å². The molecule has 0 amide bonds. The Morgan fingerprint density at radius 3 is 1.74 bits per heavy atom. The van der Waals surface area contributed by atoms with Gasteiger partial charge in [0, 0.05) is 10.6 Å². The van der Waals surface area contributed by atoms with Gasteiger partial charge in [0.05, 0.1) is 5.56 Å². The Balaban J connectivity index is 2.29. The topological polar surface area (TPSA) is 48.8 Å². The standard InChI is InChI=1S/C13H8F3N3/c14-13(15,16)11-5-1-9(2-6-11)10-3-7-12(8-4-10)18-19-17/h1-8H. The number of halogens is 3. The zero-order valence-corrected chi connectivity index (χ0v) is 9.59. The third kappa shape index (κ3) is 3.05. The van der Waals surface area contributed by atoms with Crippen LogP contribution in [0.25, 0.3) is 21.6 Å². The number of benzene rings is 2. The maximum Gasteiger partial charge on any atom is 0.416 e. The summed E-state index contributed by atoms with van der Waals surface area (Å²) >= 11 is 0. The third-order valence-corrected chi connectivity index (χ3v) is 2.57. The molecule has 3 nitrogen and oxygen atoms in total. The van der Waals surface area contributed by atoms with Crippen molar-refractivity contribution < 1.29 is 13.2 Å². The quantitative estimate of drug-likeness (QED) is 0.400. The number of rotatable bonds is 2. The Bertz CT molecular complexity index is 609. The van der Waals surface area contributed by atoms with Gasteiger partial charge in [0.2, 0.25) is 0 Å². The van der Waals surface area contributed by atoms with Crippen LogP contribution in [0.1, 0.15) is 5.56 Å². The molecular weight excluding hydrogens is 255 g/mol. The molecule has 0 aliphatic carbocycles. The predicted octanol–water partition coefficient (Wildman–Crippen LogP) is 5.31. The minimum absolute atomic E-state index is 0.457. The highest BCUT2D eigenvalue weighted by atomic mass is 19.4. The van der Waals surface area contributed by atoms with Gasteiger partial charge in [-0.25, -0.2) is 0 Å². The molecule has 0 atom stereocenters. The van der Waals surface area contributed by atoms with Gasteiger partial charge >= 0.3 is 6.18 Å². The van der Waals surface area contributed by atoms with Crippen molar-refractivity contribution in [2.45, 2.75) is 6.18 Å². The zero-order chi connectivity index (χ0) is 13.9. The van der Waals surface area contributed by atoms with Crippen LogP contribution in [0.3, 0.4) is 0 Å². The Morgan fingerprint density at radius 1 is 0.842 bits per heavy atom. The fourth-order valence-electron chi connectivity index (χ4n) is 1.62. The molecule has 0 N–H and O–H groups in total. The normalized spacial score (nSPS) is 10.9. The Hall–Kier alpha value is -2.46. The molecule has 2 rings (SSSR count). The lowest BCUT2D eigenvalue weighted by molar-refractivity contribution is -0.137. The largest absolute Gasteiger partial charge is 0.416 e. The molecule has 0 fully saturated rings. The summed E-state index contributed by atoms with van der Waals surface area (Å²) in [5.41, 5.74) is 9.46. The molecule has 0 bridgehead atoms. The van der Waals surface area contributed by atoms with E-state index in [1.165, 1.54) is 12.1 Å². The molecule has 19 heavy (non-hydrogen) atoms. The number of hydrogen-bond donors (Lipinski definition) is 0.